The van der Waals surface area contributed by atoms with Crippen LogP contribution in [0.4, 0.5) is 4.39 Å². The first-order valence-electron chi connectivity index (χ1n) is 8.46. The summed E-state index contributed by atoms with van der Waals surface area (Å²) in [7, 11) is 1.99. The molecule has 5 heteroatoms. The fraction of sp³-hybridized carbons (Fsp3) is 0.350. The predicted molar refractivity (Wildman–Crippen MR) is 99.8 cm³/mol. The van der Waals surface area contributed by atoms with Crippen LogP contribution in [0.25, 0.3) is 0 Å². The average Bonchev–Trinajstić information content (AvgIpc) is 2.61. The third-order valence-electron chi connectivity index (χ3n) is 3.93. The molecule has 0 aliphatic heterocycles. The molecule has 0 fully saturated rings. The van der Waals surface area contributed by atoms with E-state index in [9.17, 15) is 9.50 Å². The Morgan fingerprint density at radius 1 is 1.16 bits per heavy atom. The van der Waals surface area contributed by atoms with Gasteiger partial charge in [-0.05, 0) is 37.1 Å². The molecule has 134 valence electrons. The zero-order valence-electron chi connectivity index (χ0n) is 15.1. The summed E-state index contributed by atoms with van der Waals surface area (Å²) in [6.45, 7) is 5.73. The van der Waals surface area contributed by atoms with Gasteiger partial charge in [-0.15, -0.1) is 0 Å². The van der Waals surface area contributed by atoms with Crippen LogP contribution in [0.3, 0.4) is 0 Å². The van der Waals surface area contributed by atoms with Crippen LogP contribution in [0.2, 0.25) is 0 Å². The van der Waals surface area contributed by atoms with Crippen molar-refractivity contribution in [3.8, 4) is 0 Å². The number of aryl methyl sites for hydroxylation is 1. The lowest BCUT2D eigenvalue weighted by Gasteiger charge is -2.22. The van der Waals surface area contributed by atoms with Gasteiger partial charge in [-0.3, -0.25) is 0 Å². The van der Waals surface area contributed by atoms with Crippen molar-refractivity contribution in [1.29, 1.82) is 0 Å². The number of nitrogens with zero attached hydrogens (tertiary/aromatic N) is 2. The second-order valence-corrected chi connectivity index (χ2v) is 6.10. The van der Waals surface area contributed by atoms with E-state index in [2.05, 4.69) is 46.4 Å². The quantitative estimate of drug-likeness (QED) is 0.625. The molecule has 0 saturated heterocycles. The van der Waals surface area contributed by atoms with Gasteiger partial charge in [0.25, 0.3) is 0 Å². The van der Waals surface area contributed by atoms with Crippen molar-refractivity contribution >= 4 is 5.96 Å². The van der Waals surface area contributed by atoms with Crippen LogP contribution in [0.1, 0.15) is 29.2 Å². The molecule has 0 saturated carbocycles. The Balaban J connectivity index is 2.10. The van der Waals surface area contributed by atoms with Crippen LogP contribution in [0.5, 0.6) is 0 Å². The highest BCUT2D eigenvalue weighted by Crippen LogP contribution is 2.12. The molecular weight excluding hydrogens is 317 g/mol. The number of rotatable bonds is 6. The monoisotopic (exact) mass is 343 g/mol. The van der Waals surface area contributed by atoms with E-state index in [0.29, 0.717) is 12.1 Å². The summed E-state index contributed by atoms with van der Waals surface area (Å²) in [6, 6.07) is 13.2. The zero-order valence-corrected chi connectivity index (χ0v) is 15.1. The molecule has 2 rings (SSSR count). The number of benzene rings is 2. The van der Waals surface area contributed by atoms with Crippen molar-refractivity contribution in [2.45, 2.75) is 33.5 Å². The standard InChI is InChI=1S/C20H26FN3O/c1-4-22-20(24(3)13-16-7-5-15(2)6-8-16)23-12-17-9-10-19(21)18(11-17)14-25/h5-11,25H,4,12-14H2,1-3H3,(H,22,23). The summed E-state index contributed by atoms with van der Waals surface area (Å²) in [5.74, 6) is 0.400. The van der Waals surface area contributed by atoms with Gasteiger partial charge in [-0.2, -0.15) is 0 Å². The molecule has 0 heterocycles. The van der Waals surface area contributed by atoms with Crippen LogP contribution < -0.4 is 5.32 Å². The summed E-state index contributed by atoms with van der Waals surface area (Å²) in [6.07, 6.45) is 0. The maximum atomic E-state index is 13.5. The number of nitrogens with one attached hydrogen (secondary N) is 1. The Morgan fingerprint density at radius 3 is 2.48 bits per heavy atom. The van der Waals surface area contributed by atoms with Gasteiger partial charge < -0.3 is 15.3 Å². The van der Waals surface area contributed by atoms with Crippen molar-refractivity contribution in [1.82, 2.24) is 10.2 Å². The minimum Gasteiger partial charge on any atom is -0.392 e. The largest absolute Gasteiger partial charge is 0.392 e. The zero-order chi connectivity index (χ0) is 18.2. The minimum atomic E-state index is -0.390. The molecular formula is C20H26FN3O. The molecule has 0 radical (unpaired) electrons. The second kappa shape index (κ2) is 9.18. The molecule has 25 heavy (non-hydrogen) atoms. The third-order valence-corrected chi connectivity index (χ3v) is 3.93. The highest BCUT2D eigenvalue weighted by molar-refractivity contribution is 5.79. The summed E-state index contributed by atoms with van der Waals surface area (Å²) in [5, 5.41) is 12.5. The number of halogens is 1. The van der Waals surface area contributed by atoms with E-state index in [1.165, 1.54) is 17.2 Å². The molecule has 2 aromatic rings. The Bertz CT molecular complexity index is 713. The predicted octanol–water partition coefficient (Wildman–Crippen LogP) is 3.22. The molecule has 0 aliphatic rings. The van der Waals surface area contributed by atoms with Crippen molar-refractivity contribution in [3.63, 3.8) is 0 Å². The molecule has 0 atom stereocenters. The number of aliphatic imine (C=N–C) groups is 1. The van der Waals surface area contributed by atoms with Crippen molar-refractivity contribution in [3.05, 3.63) is 70.5 Å². The van der Waals surface area contributed by atoms with Gasteiger partial charge in [-0.1, -0.05) is 35.9 Å². The van der Waals surface area contributed by atoms with Gasteiger partial charge in [0, 0.05) is 25.7 Å². The summed E-state index contributed by atoms with van der Waals surface area (Å²) >= 11 is 0. The van der Waals surface area contributed by atoms with Crippen LogP contribution >= 0.6 is 0 Å². The molecule has 0 unspecified atom stereocenters. The maximum Gasteiger partial charge on any atom is 0.194 e. The van der Waals surface area contributed by atoms with Crippen LogP contribution in [-0.2, 0) is 19.7 Å². The smallest absolute Gasteiger partial charge is 0.194 e. The average molecular weight is 343 g/mol. The van der Waals surface area contributed by atoms with E-state index >= 15 is 0 Å². The van der Waals surface area contributed by atoms with Gasteiger partial charge in [0.1, 0.15) is 5.82 Å². The van der Waals surface area contributed by atoms with Crippen molar-refractivity contribution in [2.75, 3.05) is 13.6 Å². The molecule has 0 amide bonds. The van der Waals surface area contributed by atoms with E-state index in [1.54, 1.807) is 12.1 Å². The number of guanidine groups is 1. The lowest BCUT2D eigenvalue weighted by Crippen LogP contribution is -2.38. The molecule has 4 nitrogen and oxygen atoms in total. The Kier molecular flexibility index (Phi) is 6.95. The second-order valence-electron chi connectivity index (χ2n) is 6.10. The normalized spacial score (nSPS) is 11.5. The van der Waals surface area contributed by atoms with Crippen molar-refractivity contribution < 1.29 is 9.50 Å². The maximum absolute atomic E-state index is 13.5. The van der Waals surface area contributed by atoms with E-state index in [-0.39, 0.29) is 6.61 Å². The van der Waals surface area contributed by atoms with Crippen LogP contribution in [0, 0.1) is 12.7 Å². The molecule has 0 aliphatic carbocycles. The Hall–Kier alpha value is -2.40. The lowest BCUT2D eigenvalue weighted by molar-refractivity contribution is 0.275. The molecule has 0 spiro atoms. The summed E-state index contributed by atoms with van der Waals surface area (Å²) in [4.78, 5) is 6.69. The van der Waals surface area contributed by atoms with E-state index in [0.717, 1.165) is 24.6 Å². The molecule has 2 N–H and O–H groups in total. The molecule has 2 aromatic carbocycles. The van der Waals surface area contributed by atoms with Gasteiger partial charge >= 0.3 is 0 Å². The number of aliphatic hydroxyl groups is 1. The molecule has 0 bridgehead atoms. The Morgan fingerprint density at radius 2 is 1.84 bits per heavy atom. The van der Waals surface area contributed by atoms with Gasteiger partial charge in [0.2, 0.25) is 0 Å². The first kappa shape index (κ1) is 18.9. The first-order valence-corrected chi connectivity index (χ1v) is 8.46. The highest BCUT2D eigenvalue weighted by atomic mass is 19.1. The topological polar surface area (TPSA) is 47.9 Å². The number of aliphatic hydroxyl groups excluding tert-OH is 1. The highest BCUT2D eigenvalue weighted by Gasteiger charge is 2.07. The van der Waals surface area contributed by atoms with E-state index in [1.807, 2.05) is 14.0 Å². The Labute approximate surface area is 149 Å². The lowest BCUT2D eigenvalue weighted by atomic mass is 10.1. The summed E-state index contributed by atoms with van der Waals surface area (Å²) < 4.78 is 13.5. The number of hydrogen-bond acceptors (Lipinski definition) is 2. The first-order chi connectivity index (χ1) is 12.0. The van der Waals surface area contributed by atoms with Crippen molar-refractivity contribution in [2.24, 2.45) is 4.99 Å². The van der Waals surface area contributed by atoms with Gasteiger partial charge in [0.05, 0.1) is 13.2 Å². The van der Waals surface area contributed by atoms with Crippen LogP contribution in [-0.4, -0.2) is 29.6 Å². The fourth-order valence-corrected chi connectivity index (χ4v) is 2.53. The fourth-order valence-electron chi connectivity index (χ4n) is 2.53. The van der Waals surface area contributed by atoms with Crippen LogP contribution in [0.15, 0.2) is 47.5 Å². The minimum absolute atomic E-state index is 0.297. The van der Waals surface area contributed by atoms with Gasteiger partial charge in [0.15, 0.2) is 5.96 Å². The van der Waals surface area contributed by atoms with E-state index < -0.39 is 5.82 Å². The molecule has 0 aromatic heterocycles. The number of hydrogen-bond donors (Lipinski definition) is 2. The third kappa shape index (κ3) is 5.57. The SMILES string of the molecule is CCNC(=NCc1ccc(F)c(CO)c1)N(C)Cc1ccc(C)cc1. The summed E-state index contributed by atoms with van der Waals surface area (Å²) in [5.41, 5.74) is 3.61. The van der Waals surface area contributed by atoms with E-state index in [4.69, 9.17) is 0 Å². The van der Waals surface area contributed by atoms with Gasteiger partial charge in [-0.25, -0.2) is 9.38 Å².